The zero-order valence-corrected chi connectivity index (χ0v) is 11.0. The Morgan fingerprint density at radius 1 is 1.18 bits per heavy atom. The molecule has 96 valence electrons. The van der Waals surface area contributed by atoms with Crippen molar-refractivity contribution in [2.45, 2.75) is 33.1 Å². The Labute approximate surface area is 104 Å². The minimum atomic E-state index is 0.271. The average molecular weight is 237 g/mol. The van der Waals surface area contributed by atoms with Gasteiger partial charge in [0.1, 0.15) is 0 Å². The van der Waals surface area contributed by atoms with Gasteiger partial charge in [-0.1, -0.05) is 24.3 Å². The molecule has 1 aromatic rings. The van der Waals surface area contributed by atoms with Gasteiger partial charge in [0.05, 0.1) is 12.7 Å². The summed E-state index contributed by atoms with van der Waals surface area (Å²) >= 11 is 0. The number of hydrogen-bond acceptors (Lipinski definition) is 3. The van der Waals surface area contributed by atoms with Gasteiger partial charge in [0, 0.05) is 26.8 Å². The highest BCUT2D eigenvalue weighted by Crippen LogP contribution is 2.05. The lowest BCUT2D eigenvalue weighted by molar-refractivity contribution is 0.0759. The van der Waals surface area contributed by atoms with Gasteiger partial charge < -0.3 is 14.8 Å². The standard InChI is InChI=1S/C14H23NO2/c1-4-17-12(2)9-15-10-13-5-7-14(8-6-13)11-16-3/h5-8,12,15H,4,9-11H2,1-3H3. The molecule has 0 fully saturated rings. The predicted octanol–water partition coefficient (Wildman–Crippen LogP) is 2.35. The van der Waals surface area contributed by atoms with Gasteiger partial charge in [0.25, 0.3) is 0 Å². The number of nitrogens with one attached hydrogen (secondary N) is 1. The average Bonchev–Trinajstić information content (AvgIpc) is 2.32. The van der Waals surface area contributed by atoms with E-state index in [0.29, 0.717) is 6.61 Å². The molecule has 0 radical (unpaired) electrons. The maximum Gasteiger partial charge on any atom is 0.0713 e. The Kier molecular flexibility index (Phi) is 6.86. The van der Waals surface area contributed by atoms with Crippen molar-refractivity contribution in [3.8, 4) is 0 Å². The summed E-state index contributed by atoms with van der Waals surface area (Å²) in [6.07, 6.45) is 0.271. The second kappa shape index (κ2) is 8.23. The van der Waals surface area contributed by atoms with Crippen LogP contribution in [0.5, 0.6) is 0 Å². The summed E-state index contributed by atoms with van der Waals surface area (Å²) in [5.41, 5.74) is 2.49. The van der Waals surface area contributed by atoms with Crippen molar-refractivity contribution in [2.24, 2.45) is 0 Å². The highest BCUT2D eigenvalue weighted by Gasteiger charge is 2.00. The second-order valence-corrected chi connectivity index (χ2v) is 4.15. The molecule has 1 N–H and O–H groups in total. The van der Waals surface area contributed by atoms with E-state index < -0.39 is 0 Å². The van der Waals surface area contributed by atoms with Crippen LogP contribution in [0.2, 0.25) is 0 Å². The zero-order valence-electron chi connectivity index (χ0n) is 11.0. The predicted molar refractivity (Wildman–Crippen MR) is 69.9 cm³/mol. The lowest BCUT2D eigenvalue weighted by atomic mass is 10.1. The summed E-state index contributed by atoms with van der Waals surface area (Å²) in [6, 6.07) is 8.47. The molecule has 0 spiro atoms. The van der Waals surface area contributed by atoms with Gasteiger partial charge in [0.15, 0.2) is 0 Å². The molecule has 1 rings (SSSR count). The van der Waals surface area contributed by atoms with Gasteiger partial charge >= 0.3 is 0 Å². The van der Waals surface area contributed by atoms with E-state index in [2.05, 4.69) is 36.5 Å². The van der Waals surface area contributed by atoms with E-state index >= 15 is 0 Å². The van der Waals surface area contributed by atoms with E-state index in [1.165, 1.54) is 11.1 Å². The Morgan fingerprint density at radius 3 is 2.41 bits per heavy atom. The van der Waals surface area contributed by atoms with E-state index in [0.717, 1.165) is 19.7 Å². The second-order valence-electron chi connectivity index (χ2n) is 4.15. The molecule has 0 amide bonds. The van der Waals surface area contributed by atoms with E-state index in [1.54, 1.807) is 7.11 Å². The minimum absolute atomic E-state index is 0.271. The quantitative estimate of drug-likeness (QED) is 0.753. The fourth-order valence-electron chi connectivity index (χ4n) is 1.68. The molecular weight excluding hydrogens is 214 g/mol. The highest BCUT2D eigenvalue weighted by atomic mass is 16.5. The Hall–Kier alpha value is -0.900. The molecule has 0 bridgehead atoms. The van der Waals surface area contributed by atoms with Crippen LogP contribution >= 0.6 is 0 Å². The minimum Gasteiger partial charge on any atom is -0.380 e. The summed E-state index contributed by atoms with van der Waals surface area (Å²) in [5.74, 6) is 0. The first-order valence-corrected chi connectivity index (χ1v) is 6.15. The lowest BCUT2D eigenvalue weighted by Crippen LogP contribution is -2.26. The van der Waals surface area contributed by atoms with Crippen molar-refractivity contribution < 1.29 is 9.47 Å². The SMILES string of the molecule is CCOC(C)CNCc1ccc(COC)cc1. The van der Waals surface area contributed by atoms with Gasteiger partial charge in [-0.05, 0) is 25.0 Å². The molecule has 0 aliphatic rings. The Morgan fingerprint density at radius 2 is 1.82 bits per heavy atom. The Bertz CT molecular complexity index is 298. The third-order valence-corrected chi connectivity index (χ3v) is 2.55. The molecule has 0 heterocycles. The molecule has 0 saturated heterocycles. The summed E-state index contributed by atoms with van der Waals surface area (Å²) in [7, 11) is 1.71. The number of methoxy groups -OCH3 is 1. The van der Waals surface area contributed by atoms with Crippen LogP contribution in [0.4, 0.5) is 0 Å². The van der Waals surface area contributed by atoms with E-state index in [9.17, 15) is 0 Å². The van der Waals surface area contributed by atoms with Crippen LogP contribution in [0.25, 0.3) is 0 Å². The van der Waals surface area contributed by atoms with Crippen LogP contribution in [0, 0.1) is 0 Å². The van der Waals surface area contributed by atoms with Gasteiger partial charge in [-0.3, -0.25) is 0 Å². The Balaban J connectivity index is 2.27. The molecule has 0 aliphatic carbocycles. The molecule has 17 heavy (non-hydrogen) atoms. The van der Waals surface area contributed by atoms with E-state index in [4.69, 9.17) is 9.47 Å². The topological polar surface area (TPSA) is 30.5 Å². The lowest BCUT2D eigenvalue weighted by Gasteiger charge is -2.12. The summed E-state index contributed by atoms with van der Waals surface area (Å²) < 4.78 is 10.5. The molecule has 0 saturated carbocycles. The number of hydrogen-bond donors (Lipinski definition) is 1. The van der Waals surface area contributed by atoms with Crippen LogP contribution in [-0.4, -0.2) is 26.4 Å². The van der Waals surface area contributed by atoms with Crippen LogP contribution < -0.4 is 5.32 Å². The van der Waals surface area contributed by atoms with E-state index in [-0.39, 0.29) is 6.10 Å². The van der Waals surface area contributed by atoms with Gasteiger partial charge in [-0.25, -0.2) is 0 Å². The van der Waals surface area contributed by atoms with Gasteiger partial charge in [0.2, 0.25) is 0 Å². The van der Waals surface area contributed by atoms with Crippen molar-refractivity contribution in [1.29, 1.82) is 0 Å². The van der Waals surface area contributed by atoms with Crippen molar-refractivity contribution in [3.63, 3.8) is 0 Å². The fraction of sp³-hybridized carbons (Fsp3) is 0.571. The van der Waals surface area contributed by atoms with Crippen molar-refractivity contribution in [1.82, 2.24) is 5.32 Å². The summed E-state index contributed by atoms with van der Waals surface area (Å²) in [4.78, 5) is 0. The monoisotopic (exact) mass is 237 g/mol. The molecular formula is C14H23NO2. The molecule has 0 aliphatic heterocycles. The van der Waals surface area contributed by atoms with Crippen LogP contribution in [0.3, 0.4) is 0 Å². The highest BCUT2D eigenvalue weighted by molar-refractivity contribution is 5.21. The van der Waals surface area contributed by atoms with Crippen molar-refractivity contribution in [2.75, 3.05) is 20.3 Å². The largest absolute Gasteiger partial charge is 0.380 e. The third-order valence-electron chi connectivity index (χ3n) is 2.55. The number of ether oxygens (including phenoxy) is 2. The maximum atomic E-state index is 5.45. The third kappa shape index (κ3) is 5.82. The summed E-state index contributed by atoms with van der Waals surface area (Å²) in [5, 5.41) is 3.38. The van der Waals surface area contributed by atoms with Crippen molar-refractivity contribution >= 4 is 0 Å². The summed E-state index contributed by atoms with van der Waals surface area (Å²) in [6.45, 7) is 7.31. The van der Waals surface area contributed by atoms with Crippen LogP contribution in [0.1, 0.15) is 25.0 Å². The van der Waals surface area contributed by atoms with Crippen LogP contribution in [-0.2, 0) is 22.6 Å². The zero-order chi connectivity index (χ0) is 12.5. The van der Waals surface area contributed by atoms with Crippen LogP contribution in [0.15, 0.2) is 24.3 Å². The molecule has 1 aromatic carbocycles. The smallest absolute Gasteiger partial charge is 0.0713 e. The first-order valence-electron chi connectivity index (χ1n) is 6.15. The molecule has 3 nitrogen and oxygen atoms in total. The number of rotatable bonds is 8. The maximum absolute atomic E-state index is 5.45. The van der Waals surface area contributed by atoms with Crippen molar-refractivity contribution in [3.05, 3.63) is 35.4 Å². The van der Waals surface area contributed by atoms with Gasteiger partial charge in [-0.15, -0.1) is 0 Å². The number of benzene rings is 1. The van der Waals surface area contributed by atoms with E-state index in [1.807, 2.05) is 6.92 Å². The first kappa shape index (κ1) is 14.2. The fourth-order valence-corrected chi connectivity index (χ4v) is 1.68. The molecule has 0 aromatic heterocycles. The molecule has 3 heteroatoms. The normalized spacial score (nSPS) is 12.6. The molecule has 1 unspecified atom stereocenters. The first-order chi connectivity index (χ1) is 8.26. The molecule has 1 atom stereocenters. The van der Waals surface area contributed by atoms with Gasteiger partial charge in [-0.2, -0.15) is 0 Å².